The lowest BCUT2D eigenvalue weighted by Crippen LogP contribution is -1.99. The third-order valence-electron chi connectivity index (χ3n) is 3.52. The minimum atomic E-state index is 0.586. The minimum Gasteiger partial charge on any atom is -0.497 e. The average molecular weight is 363 g/mol. The fraction of sp³-hybridized carbons (Fsp3) is 0.235. The standard InChI is InChI=1S/C17H16Cl2N4O/c1-24-14-8-12(7-13(19)9-14)17-15(16-3-5-20-11-21-16)10-23(22-17)6-2-4-18/h3,5,7-11H,2,4,6H2,1H3. The molecule has 0 saturated carbocycles. The first-order valence-corrected chi connectivity index (χ1v) is 8.37. The maximum Gasteiger partial charge on any atom is 0.121 e. The molecule has 0 aliphatic heterocycles. The zero-order chi connectivity index (χ0) is 16.9. The van der Waals surface area contributed by atoms with Crippen molar-refractivity contribution in [2.24, 2.45) is 0 Å². The van der Waals surface area contributed by atoms with Crippen molar-refractivity contribution in [1.29, 1.82) is 0 Å². The Morgan fingerprint density at radius 3 is 2.83 bits per heavy atom. The highest BCUT2D eigenvalue weighted by Crippen LogP contribution is 2.33. The van der Waals surface area contributed by atoms with Gasteiger partial charge in [0.15, 0.2) is 0 Å². The van der Waals surface area contributed by atoms with Crippen LogP contribution in [0, 0.1) is 0 Å². The van der Waals surface area contributed by atoms with Crippen LogP contribution in [0.3, 0.4) is 0 Å². The molecule has 0 aliphatic carbocycles. The fourth-order valence-electron chi connectivity index (χ4n) is 2.43. The summed E-state index contributed by atoms with van der Waals surface area (Å²) in [6.45, 7) is 0.735. The van der Waals surface area contributed by atoms with E-state index in [1.54, 1.807) is 19.4 Å². The molecule has 0 bridgehead atoms. The van der Waals surface area contributed by atoms with Crippen LogP contribution in [0.4, 0.5) is 0 Å². The molecule has 0 atom stereocenters. The van der Waals surface area contributed by atoms with Crippen LogP contribution in [0.25, 0.3) is 22.5 Å². The first kappa shape index (κ1) is 16.7. The van der Waals surface area contributed by atoms with Crippen LogP contribution in [-0.2, 0) is 6.54 Å². The summed E-state index contributed by atoms with van der Waals surface area (Å²) in [5, 5.41) is 5.29. The summed E-state index contributed by atoms with van der Waals surface area (Å²) in [6, 6.07) is 7.39. The molecule has 0 spiro atoms. The van der Waals surface area contributed by atoms with E-state index in [4.69, 9.17) is 33.0 Å². The Labute approximate surface area is 150 Å². The number of halogens is 2. The van der Waals surface area contributed by atoms with Gasteiger partial charge in [0.05, 0.1) is 12.8 Å². The van der Waals surface area contributed by atoms with Crippen LogP contribution in [0.1, 0.15) is 6.42 Å². The molecule has 5 nitrogen and oxygen atoms in total. The molecule has 1 aromatic carbocycles. The van der Waals surface area contributed by atoms with Gasteiger partial charge >= 0.3 is 0 Å². The van der Waals surface area contributed by atoms with E-state index in [1.807, 2.05) is 29.1 Å². The molecule has 2 heterocycles. The summed E-state index contributed by atoms with van der Waals surface area (Å²) >= 11 is 12.0. The predicted molar refractivity (Wildman–Crippen MR) is 95.6 cm³/mol. The molecule has 0 fully saturated rings. The highest BCUT2D eigenvalue weighted by atomic mass is 35.5. The van der Waals surface area contributed by atoms with E-state index in [0.29, 0.717) is 16.7 Å². The number of alkyl halides is 1. The number of aromatic nitrogens is 4. The Hall–Kier alpha value is -2.11. The van der Waals surface area contributed by atoms with Gasteiger partial charge in [-0.05, 0) is 30.7 Å². The topological polar surface area (TPSA) is 52.8 Å². The number of benzene rings is 1. The summed E-state index contributed by atoms with van der Waals surface area (Å²) in [5.41, 5.74) is 3.38. The molecule has 2 aromatic heterocycles. The molecule has 3 rings (SSSR count). The Kier molecular flexibility index (Phi) is 5.33. The molecule has 124 valence electrons. The van der Waals surface area contributed by atoms with Crippen LogP contribution in [0.2, 0.25) is 5.02 Å². The van der Waals surface area contributed by atoms with Gasteiger partial charge in [-0.15, -0.1) is 11.6 Å². The van der Waals surface area contributed by atoms with Crippen LogP contribution in [0.5, 0.6) is 5.75 Å². The monoisotopic (exact) mass is 362 g/mol. The van der Waals surface area contributed by atoms with Gasteiger partial charge in [0.25, 0.3) is 0 Å². The van der Waals surface area contributed by atoms with Gasteiger partial charge in [0, 0.05) is 41.0 Å². The average Bonchev–Trinajstić information content (AvgIpc) is 3.04. The number of ether oxygens (including phenoxy) is 1. The fourth-order valence-corrected chi connectivity index (χ4v) is 2.77. The van der Waals surface area contributed by atoms with Crippen molar-refractivity contribution in [1.82, 2.24) is 19.7 Å². The van der Waals surface area contributed by atoms with Crippen molar-refractivity contribution in [3.8, 4) is 28.3 Å². The molecule has 7 heteroatoms. The molecule has 24 heavy (non-hydrogen) atoms. The van der Waals surface area contributed by atoms with Gasteiger partial charge in [-0.25, -0.2) is 9.97 Å². The molecule has 0 saturated heterocycles. The van der Waals surface area contributed by atoms with Crippen LogP contribution in [-0.4, -0.2) is 32.7 Å². The molecular weight excluding hydrogens is 347 g/mol. The van der Waals surface area contributed by atoms with Gasteiger partial charge in [0.1, 0.15) is 17.8 Å². The van der Waals surface area contributed by atoms with Crippen molar-refractivity contribution >= 4 is 23.2 Å². The predicted octanol–water partition coefficient (Wildman–Crippen LogP) is 4.30. The molecule has 0 N–H and O–H groups in total. The Balaban J connectivity index is 2.11. The number of rotatable bonds is 6. The van der Waals surface area contributed by atoms with Crippen molar-refractivity contribution in [2.75, 3.05) is 13.0 Å². The molecule has 0 radical (unpaired) electrons. The third-order valence-corrected chi connectivity index (χ3v) is 4.01. The van der Waals surface area contributed by atoms with E-state index in [2.05, 4.69) is 9.97 Å². The maximum atomic E-state index is 6.21. The summed E-state index contributed by atoms with van der Waals surface area (Å²) in [5.74, 6) is 1.27. The Morgan fingerprint density at radius 1 is 1.25 bits per heavy atom. The van der Waals surface area contributed by atoms with Gasteiger partial charge in [-0.3, -0.25) is 4.68 Å². The van der Waals surface area contributed by atoms with E-state index >= 15 is 0 Å². The largest absolute Gasteiger partial charge is 0.497 e. The second-order valence-electron chi connectivity index (χ2n) is 5.17. The summed E-state index contributed by atoms with van der Waals surface area (Å²) in [4.78, 5) is 8.31. The van der Waals surface area contributed by atoms with Gasteiger partial charge in [-0.1, -0.05) is 11.6 Å². The van der Waals surface area contributed by atoms with E-state index in [9.17, 15) is 0 Å². The second kappa shape index (κ2) is 7.64. The molecule has 3 aromatic rings. The first-order valence-electron chi connectivity index (χ1n) is 7.46. The quantitative estimate of drug-likeness (QED) is 0.613. The van der Waals surface area contributed by atoms with Crippen LogP contribution in [0.15, 0.2) is 43.0 Å². The minimum absolute atomic E-state index is 0.586. The number of hydrogen-bond donors (Lipinski definition) is 0. The van der Waals surface area contributed by atoms with Gasteiger partial charge in [-0.2, -0.15) is 5.10 Å². The molecule has 0 aliphatic rings. The number of aryl methyl sites for hydroxylation is 1. The van der Waals surface area contributed by atoms with E-state index in [-0.39, 0.29) is 0 Å². The number of methoxy groups -OCH3 is 1. The lowest BCUT2D eigenvalue weighted by Gasteiger charge is -2.06. The number of hydrogen-bond acceptors (Lipinski definition) is 4. The third kappa shape index (κ3) is 3.68. The molecule has 0 amide bonds. The highest BCUT2D eigenvalue weighted by Gasteiger charge is 2.15. The highest BCUT2D eigenvalue weighted by molar-refractivity contribution is 6.31. The molecule has 0 unspecified atom stereocenters. The van der Waals surface area contributed by atoms with Gasteiger partial charge < -0.3 is 4.74 Å². The summed E-state index contributed by atoms with van der Waals surface area (Å²) < 4.78 is 7.19. The van der Waals surface area contributed by atoms with Crippen molar-refractivity contribution in [3.63, 3.8) is 0 Å². The summed E-state index contributed by atoms with van der Waals surface area (Å²) in [6.07, 6.45) is 6.04. The van der Waals surface area contributed by atoms with E-state index in [0.717, 1.165) is 35.5 Å². The zero-order valence-corrected chi connectivity index (χ0v) is 14.6. The number of nitrogens with zero attached hydrogens (tertiary/aromatic N) is 4. The maximum absolute atomic E-state index is 6.21. The molecular formula is C17H16Cl2N4O. The van der Waals surface area contributed by atoms with Gasteiger partial charge in [0.2, 0.25) is 0 Å². The lowest BCUT2D eigenvalue weighted by atomic mass is 10.1. The first-order chi connectivity index (χ1) is 11.7. The smallest absolute Gasteiger partial charge is 0.121 e. The SMILES string of the molecule is COc1cc(Cl)cc(-c2nn(CCCCl)cc2-c2ccncn2)c1. The zero-order valence-electron chi connectivity index (χ0n) is 13.1. The lowest BCUT2D eigenvalue weighted by molar-refractivity contribution is 0.415. The Bertz CT molecular complexity index is 821. The van der Waals surface area contributed by atoms with E-state index < -0.39 is 0 Å². The van der Waals surface area contributed by atoms with Crippen molar-refractivity contribution in [2.45, 2.75) is 13.0 Å². The summed E-state index contributed by atoms with van der Waals surface area (Å²) in [7, 11) is 1.61. The Morgan fingerprint density at radius 2 is 2.12 bits per heavy atom. The van der Waals surface area contributed by atoms with E-state index in [1.165, 1.54) is 6.33 Å². The van der Waals surface area contributed by atoms with Crippen LogP contribution < -0.4 is 4.74 Å². The van der Waals surface area contributed by atoms with Crippen molar-refractivity contribution < 1.29 is 4.74 Å². The van der Waals surface area contributed by atoms with Crippen LogP contribution >= 0.6 is 23.2 Å². The van der Waals surface area contributed by atoms with Crippen molar-refractivity contribution in [3.05, 3.63) is 48.0 Å². The second-order valence-corrected chi connectivity index (χ2v) is 5.99. The normalized spacial score (nSPS) is 10.8.